The zero-order chi connectivity index (χ0) is 40.9. The van der Waals surface area contributed by atoms with Crippen molar-refractivity contribution < 1.29 is 25.2 Å². The van der Waals surface area contributed by atoms with Gasteiger partial charge >= 0.3 is 0 Å². The van der Waals surface area contributed by atoms with Crippen LogP contribution in [0.1, 0.15) is 51.0 Å². The van der Waals surface area contributed by atoms with E-state index >= 15 is 0 Å². The van der Waals surface area contributed by atoms with Crippen molar-refractivity contribution in [3.05, 3.63) is 124 Å². The molecule has 14 heteroatoms. The second kappa shape index (κ2) is 15.2. The Kier molecular flexibility index (Phi) is 9.43. The number of hydrogen-bond acceptors (Lipinski definition) is 11. The number of aromatic nitrogens is 8. The number of carbonyl (C=O) groups excluding carboxylic acids is 1. The van der Waals surface area contributed by atoms with Gasteiger partial charge in [0.2, 0.25) is 0 Å². The molecule has 7 aromatic rings. The average Bonchev–Trinajstić information content (AvgIpc) is 4.01. The van der Waals surface area contributed by atoms with Crippen LogP contribution in [0.2, 0.25) is 0 Å². The van der Waals surface area contributed by atoms with Crippen molar-refractivity contribution in [2.24, 2.45) is 0 Å². The van der Waals surface area contributed by atoms with Crippen LogP contribution >= 0.6 is 0 Å². The number of phenols is 1. The molecule has 2 aliphatic heterocycles. The van der Waals surface area contributed by atoms with Crippen LogP contribution < -0.4 is 5.32 Å². The lowest BCUT2D eigenvalue weighted by molar-refractivity contribution is 0.0953. The van der Waals surface area contributed by atoms with E-state index in [0.717, 1.165) is 34.2 Å². The summed E-state index contributed by atoms with van der Waals surface area (Å²) >= 11 is 0. The summed E-state index contributed by atoms with van der Waals surface area (Å²) in [6.45, 7) is -0.0207. The molecule has 3 aliphatic rings. The number of para-hydroxylation sites is 1. The molecular weight excluding hydrogens is 759 g/mol. The van der Waals surface area contributed by atoms with Crippen molar-refractivity contribution in [2.75, 3.05) is 13.2 Å². The van der Waals surface area contributed by atoms with Crippen LogP contribution in [0.4, 0.5) is 0 Å². The molecule has 0 unspecified atom stereocenters. The first-order chi connectivity index (χ1) is 29.4. The highest BCUT2D eigenvalue weighted by molar-refractivity contribution is 6.07. The van der Waals surface area contributed by atoms with Gasteiger partial charge in [-0.1, -0.05) is 60.7 Å². The molecular formula is C46H39N9O5. The normalized spacial score (nSPS) is 12.8. The number of nitrogens with one attached hydrogen (secondary N) is 3. The standard InChI is InChI=1S/C46H39N9O5/c56-21-24-11-14-28-33(18-24)42-49-38(28)48-41-31-8-5-9-32(46(60)47-17-4-3-7-27-6-1-2-10-36(27)59)37(31)45(55-41)54-40-30-16-13-26(23-58)20-35(30)44(52-40)53-43-34-19-25(22-57)12-15-29(34)39(50-42)51-43/h1-2,5-6,8-13,15-16,19-20,56-59H,3-4,7,14,17-18,21-23H2,(H,47,60)(H2,48,49,50,51,52,53,54,55). The number of hydrogen-bond donors (Lipinski definition) is 7. The van der Waals surface area contributed by atoms with Gasteiger partial charge < -0.3 is 35.7 Å². The molecule has 10 rings (SSSR count). The van der Waals surface area contributed by atoms with Gasteiger partial charge in [0.05, 0.1) is 25.4 Å². The summed E-state index contributed by atoms with van der Waals surface area (Å²) < 4.78 is 0. The summed E-state index contributed by atoms with van der Waals surface area (Å²) in [5, 5.41) is 45.0. The first kappa shape index (κ1) is 37.2. The highest BCUT2D eigenvalue weighted by Gasteiger charge is 2.28. The molecule has 298 valence electrons. The Balaban J connectivity index is 1.17. The minimum Gasteiger partial charge on any atom is -0.508 e. The topological polar surface area (TPSA) is 219 Å². The van der Waals surface area contributed by atoms with E-state index in [1.165, 1.54) is 0 Å². The Morgan fingerprint density at radius 1 is 0.633 bits per heavy atom. The number of benzene rings is 4. The molecule has 0 spiro atoms. The average molecular weight is 798 g/mol. The van der Waals surface area contributed by atoms with Gasteiger partial charge in [0.25, 0.3) is 5.91 Å². The highest BCUT2D eigenvalue weighted by Crippen LogP contribution is 2.39. The summed E-state index contributed by atoms with van der Waals surface area (Å²) in [4.78, 5) is 51.2. The van der Waals surface area contributed by atoms with E-state index in [9.17, 15) is 25.2 Å². The molecule has 0 radical (unpaired) electrons. The number of H-pyrrole nitrogens is 2. The van der Waals surface area contributed by atoms with Crippen LogP contribution in [0.3, 0.4) is 0 Å². The molecule has 1 amide bonds. The molecule has 8 bridgehead atoms. The smallest absolute Gasteiger partial charge is 0.252 e. The fraction of sp³-hybridized carbons (Fsp3) is 0.196. The largest absolute Gasteiger partial charge is 0.508 e. The maximum Gasteiger partial charge on any atom is 0.252 e. The zero-order valence-electron chi connectivity index (χ0n) is 32.3. The van der Waals surface area contributed by atoms with E-state index in [2.05, 4.69) is 15.3 Å². The van der Waals surface area contributed by atoms with Gasteiger partial charge in [0, 0.05) is 50.7 Å². The number of phenolic OH excluding ortho intramolecular Hbond substituents is 1. The van der Waals surface area contributed by atoms with E-state index < -0.39 is 0 Å². The number of fused-ring (bicyclic) bond motifs is 20. The lowest BCUT2D eigenvalue weighted by atomic mass is 9.95. The van der Waals surface area contributed by atoms with Gasteiger partial charge in [0.15, 0.2) is 23.3 Å². The summed E-state index contributed by atoms with van der Waals surface area (Å²) in [7, 11) is 0. The number of amides is 1. The molecule has 0 saturated heterocycles. The summed E-state index contributed by atoms with van der Waals surface area (Å²) in [6, 6.07) is 23.8. The van der Waals surface area contributed by atoms with E-state index in [1.807, 2.05) is 66.7 Å². The van der Waals surface area contributed by atoms with Gasteiger partial charge in [-0.25, -0.2) is 29.9 Å². The molecule has 0 fully saturated rings. The molecule has 60 heavy (non-hydrogen) atoms. The molecule has 0 saturated carbocycles. The summed E-state index contributed by atoms with van der Waals surface area (Å²) in [5.41, 5.74) is 9.80. The predicted molar refractivity (Wildman–Crippen MR) is 226 cm³/mol. The van der Waals surface area contributed by atoms with Crippen molar-refractivity contribution >= 4 is 39.3 Å². The first-order valence-electron chi connectivity index (χ1n) is 19.9. The van der Waals surface area contributed by atoms with Crippen LogP contribution in [-0.2, 0) is 32.5 Å². The Bertz CT molecular complexity index is 3100. The third-order valence-electron chi connectivity index (χ3n) is 11.4. The predicted octanol–water partition coefficient (Wildman–Crippen LogP) is 6.18. The number of aromatic hydroxyl groups is 1. The van der Waals surface area contributed by atoms with E-state index in [0.29, 0.717) is 116 Å². The fourth-order valence-electron chi connectivity index (χ4n) is 8.23. The molecule has 3 aromatic heterocycles. The number of unbranched alkanes of at least 4 members (excludes halogenated alkanes) is 1. The van der Waals surface area contributed by atoms with Gasteiger partial charge in [-0.3, -0.25) is 4.79 Å². The Morgan fingerprint density at radius 2 is 1.33 bits per heavy atom. The number of allylic oxidation sites excluding steroid dienone is 1. The minimum absolute atomic E-state index is 0.0909. The van der Waals surface area contributed by atoms with Crippen LogP contribution in [0.25, 0.3) is 78.9 Å². The lowest BCUT2D eigenvalue weighted by Crippen LogP contribution is -2.25. The van der Waals surface area contributed by atoms with Crippen molar-refractivity contribution in [2.45, 2.75) is 45.3 Å². The Morgan fingerprint density at radius 3 is 2.17 bits per heavy atom. The van der Waals surface area contributed by atoms with Crippen molar-refractivity contribution in [3.63, 3.8) is 0 Å². The minimum atomic E-state index is -0.281. The maximum absolute atomic E-state index is 14.0. The fourth-order valence-corrected chi connectivity index (χ4v) is 8.23. The van der Waals surface area contributed by atoms with Gasteiger partial charge in [-0.05, 0) is 78.6 Å². The molecule has 7 N–H and O–H groups in total. The number of aryl methyl sites for hydroxylation is 1. The Hall–Kier alpha value is -7.13. The van der Waals surface area contributed by atoms with Crippen molar-refractivity contribution in [1.29, 1.82) is 0 Å². The van der Waals surface area contributed by atoms with Crippen molar-refractivity contribution in [3.8, 4) is 51.3 Å². The molecule has 0 atom stereocenters. The van der Waals surface area contributed by atoms with Gasteiger partial charge in [0.1, 0.15) is 28.3 Å². The third-order valence-corrected chi connectivity index (χ3v) is 11.4. The van der Waals surface area contributed by atoms with Crippen molar-refractivity contribution in [1.82, 2.24) is 45.2 Å². The molecule has 1 aliphatic carbocycles. The zero-order valence-corrected chi connectivity index (χ0v) is 32.3. The number of aromatic amines is 2. The Labute approximate surface area is 342 Å². The lowest BCUT2D eigenvalue weighted by Gasteiger charge is -2.11. The number of nitrogens with zero attached hydrogens (tertiary/aromatic N) is 6. The van der Waals surface area contributed by atoms with Crippen LogP contribution in [-0.4, -0.2) is 79.4 Å². The highest BCUT2D eigenvalue weighted by atomic mass is 16.3. The van der Waals surface area contributed by atoms with Crippen LogP contribution in [0.15, 0.2) is 90.5 Å². The summed E-state index contributed by atoms with van der Waals surface area (Å²) in [5.74, 6) is 1.42. The van der Waals surface area contributed by atoms with E-state index in [4.69, 9.17) is 29.9 Å². The SMILES string of the molecule is O=C(NCCCCc1ccccc1O)c1cccc2c1-c1nc-2nc2[nH]c(nc3nc(nc4[nH]c(n1)c1ccc(CO)cc41)-c1cc(CO)ccc1-3)c1c2CC=C(CO)C1. The molecule has 14 nitrogen and oxygen atoms in total. The second-order valence-corrected chi connectivity index (χ2v) is 15.1. The van der Waals surface area contributed by atoms with Gasteiger partial charge in [-0.15, -0.1) is 0 Å². The van der Waals surface area contributed by atoms with E-state index in [-0.39, 0.29) is 37.3 Å². The van der Waals surface area contributed by atoms with Crippen LogP contribution in [0, 0.1) is 0 Å². The number of carbonyl (C=O) groups is 1. The summed E-state index contributed by atoms with van der Waals surface area (Å²) in [6.07, 6.45) is 5.14. The quantitative estimate of drug-likeness (QED) is 0.0646. The van der Waals surface area contributed by atoms with Crippen LogP contribution in [0.5, 0.6) is 5.75 Å². The second-order valence-electron chi connectivity index (χ2n) is 15.1. The molecule has 4 aromatic carbocycles. The maximum atomic E-state index is 14.0. The number of rotatable bonds is 9. The first-order valence-corrected chi connectivity index (χ1v) is 19.9. The number of aliphatic hydroxyl groups is 3. The monoisotopic (exact) mass is 797 g/mol. The van der Waals surface area contributed by atoms with E-state index in [1.54, 1.807) is 18.2 Å². The molecule has 5 heterocycles. The van der Waals surface area contributed by atoms with Gasteiger partial charge in [-0.2, -0.15) is 0 Å². The number of aliphatic hydroxyl groups excluding tert-OH is 3. The third kappa shape index (κ3) is 6.56.